The number of nitro groups is 1. The van der Waals surface area contributed by atoms with Crippen LogP contribution >= 0.6 is 35.0 Å². The molecule has 35 heavy (non-hydrogen) atoms. The van der Waals surface area contributed by atoms with Crippen molar-refractivity contribution in [2.24, 2.45) is 5.10 Å². The number of hydrogen-bond acceptors (Lipinski definition) is 7. The number of halogens is 2. The van der Waals surface area contributed by atoms with Gasteiger partial charge in [0, 0.05) is 27.4 Å². The molecule has 176 valence electrons. The van der Waals surface area contributed by atoms with E-state index in [4.69, 9.17) is 23.2 Å². The average molecular weight is 527 g/mol. The Morgan fingerprint density at radius 3 is 2.37 bits per heavy atom. The van der Waals surface area contributed by atoms with Crippen LogP contribution in [0.2, 0.25) is 10.0 Å². The molecule has 1 heterocycles. The molecular weight excluding hydrogens is 511 g/mol. The smallest absolute Gasteiger partial charge is 0.272 e. The first-order chi connectivity index (χ1) is 16.9. The Morgan fingerprint density at radius 2 is 1.69 bits per heavy atom. The number of rotatable bonds is 8. The van der Waals surface area contributed by atoms with E-state index in [0.717, 1.165) is 23.0 Å². The Hall–Kier alpha value is -3.73. The fraction of sp³-hybridized carbons (Fsp3) is 0.0435. The monoisotopic (exact) mass is 526 g/mol. The van der Waals surface area contributed by atoms with Crippen molar-refractivity contribution in [3.05, 3.63) is 98.5 Å². The molecule has 0 saturated heterocycles. The molecule has 0 radical (unpaired) electrons. The molecule has 1 amide bonds. The molecule has 0 aliphatic heterocycles. The summed E-state index contributed by atoms with van der Waals surface area (Å²) in [5, 5.41) is 25.2. The number of nitrogens with zero attached hydrogens (tertiary/aromatic N) is 5. The number of nitrogens with one attached hydrogen (secondary N) is 1. The summed E-state index contributed by atoms with van der Waals surface area (Å²) in [6, 6.07) is 20.4. The molecule has 0 aliphatic carbocycles. The lowest BCUT2D eigenvalue weighted by Gasteiger charge is -2.10. The number of para-hydroxylation sites is 1. The highest BCUT2D eigenvalue weighted by Crippen LogP contribution is 2.29. The third-order valence-corrected chi connectivity index (χ3v) is 6.11. The SMILES string of the molecule is O=C(CSc1nnc(-c2ccc(Cl)cc2)n1-c1ccc(Cl)cc1)N/N=C\c1ccccc1[N+](=O)[O-]. The van der Waals surface area contributed by atoms with Crippen molar-refractivity contribution < 1.29 is 9.72 Å². The van der Waals surface area contributed by atoms with Gasteiger partial charge in [-0.25, -0.2) is 5.43 Å². The fourth-order valence-corrected chi connectivity index (χ4v) is 4.07. The number of carbonyl (C=O) groups excluding carboxylic acids is 1. The summed E-state index contributed by atoms with van der Waals surface area (Å²) in [4.78, 5) is 22.9. The van der Waals surface area contributed by atoms with Crippen LogP contribution in [0.1, 0.15) is 5.56 Å². The second kappa shape index (κ2) is 11.1. The van der Waals surface area contributed by atoms with E-state index in [0.29, 0.717) is 21.0 Å². The molecule has 0 unspecified atom stereocenters. The summed E-state index contributed by atoms with van der Waals surface area (Å²) in [6.07, 6.45) is 1.23. The standard InChI is InChI=1S/C23H16Cl2N6O3S/c24-17-7-5-15(6-8-17)22-28-29-23(30(22)19-11-9-18(25)10-12-19)35-14-21(32)27-26-13-16-3-1-2-4-20(16)31(33)34/h1-13H,14H2,(H,27,32)/b26-13-. The van der Waals surface area contributed by atoms with Crippen LogP contribution in [0.25, 0.3) is 17.1 Å². The number of nitro benzene ring substituents is 1. The van der Waals surface area contributed by atoms with Crippen LogP contribution in [-0.2, 0) is 4.79 Å². The number of amides is 1. The van der Waals surface area contributed by atoms with Crippen LogP contribution in [0, 0.1) is 10.1 Å². The summed E-state index contributed by atoms with van der Waals surface area (Å²) >= 11 is 13.2. The second-order valence-corrected chi connectivity index (χ2v) is 8.84. The zero-order valence-corrected chi connectivity index (χ0v) is 20.2. The molecule has 1 N–H and O–H groups in total. The molecule has 0 atom stereocenters. The highest BCUT2D eigenvalue weighted by Gasteiger charge is 2.17. The number of benzene rings is 3. The minimum Gasteiger partial charge on any atom is -0.272 e. The lowest BCUT2D eigenvalue weighted by molar-refractivity contribution is -0.385. The Bertz CT molecular complexity index is 1390. The van der Waals surface area contributed by atoms with Crippen LogP contribution in [0.4, 0.5) is 5.69 Å². The number of carbonyl (C=O) groups is 1. The van der Waals surface area contributed by atoms with Gasteiger partial charge >= 0.3 is 0 Å². The van der Waals surface area contributed by atoms with Crippen molar-refractivity contribution in [1.29, 1.82) is 0 Å². The maximum Gasteiger partial charge on any atom is 0.278 e. The first kappa shape index (κ1) is 24.4. The van der Waals surface area contributed by atoms with Crippen LogP contribution in [0.15, 0.2) is 83.1 Å². The van der Waals surface area contributed by atoms with E-state index in [9.17, 15) is 14.9 Å². The van der Waals surface area contributed by atoms with Gasteiger partial charge in [0.05, 0.1) is 22.5 Å². The maximum atomic E-state index is 12.4. The summed E-state index contributed by atoms with van der Waals surface area (Å²) < 4.78 is 1.81. The molecule has 9 nitrogen and oxygen atoms in total. The van der Waals surface area contributed by atoms with E-state index >= 15 is 0 Å². The fourth-order valence-electron chi connectivity index (χ4n) is 3.07. The molecule has 0 aliphatic rings. The van der Waals surface area contributed by atoms with Crippen molar-refractivity contribution in [2.75, 3.05) is 5.75 Å². The van der Waals surface area contributed by atoms with Gasteiger partial charge in [-0.1, -0.05) is 47.1 Å². The van der Waals surface area contributed by atoms with Crippen molar-refractivity contribution >= 4 is 52.8 Å². The Balaban J connectivity index is 1.51. The van der Waals surface area contributed by atoms with E-state index in [1.54, 1.807) is 36.4 Å². The zero-order valence-electron chi connectivity index (χ0n) is 17.8. The predicted octanol–water partition coefficient (Wildman–Crippen LogP) is 5.39. The molecule has 0 saturated carbocycles. The van der Waals surface area contributed by atoms with Gasteiger partial charge in [0.25, 0.3) is 11.6 Å². The van der Waals surface area contributed by atoms with Crippen molar-refractivity contribution in [3.63, 3.8) is 0 Å². The average Bonchev–Trinajstić information content (AvgIpc) is 3.28. The lowest BCUT2D eigenvalue weighted by atomic mass is 10.2. The van der Waals surface area contributed by atoms with Gasteiger partial charge in [0.2, 0.25) is 0 Å². The van der Waals surface area contributed by atoms with Gasteiger partial charge in [-0.2, -0.15) is 5.10 Å². The molecule has 0 bridgehead atoms. The summed E-state index contributed by atoms with van der Waals surface area (Å²) in [5.41, 5.74) is 4.11. The van der Waals surface area contributed by atoms with Crippen LogP contribution < -0.4 is 5.43 Å². The van der Waals surface area contributed by atoms with Gasteiger partial charge in [-0.3, -0.25) is 19.5 Å². The van der Waals surface area contributed by atoms with Gasteiger partial charge in [-0.05, 0) is 54.6 Å². The number of hydrogen-bond donors (Lipinski definition) is 1. The Kier molecular flexibility index (Phi) is 7.76. The summed E-state index contributed by atoms with van der Waals surface area (Å²) in [7, 11) is 0. The minimum absolute atomic E-state index is 0.0133. The highest BCUT2D eigenvalue weighted by atomic mass is 35.5. The highest BCUT2D eigenvalue weighted by molar-refractivity contribution is 7.99. The first-order valence-electron chi connectivity index (χ1n) is 10.1. The predicted molar refractivity (Wildman–Crippen MR) is 136 cm³/mol. The molecule has 4 rings (SSSR count). The summed E-state index contributed by atoms with van der Waals surface area (Å²) in [5.74, 6) is 0.144. The zero-order chi connectivity index (χ0) is 24.8. The number of hydrazone groups is 1. The lowest BCUT2D eigenvalue weighted by Crippen LogP contribution is -2.20. The van der Waals surface area contributed by atoms with Crippen LogP contribution in [-0.4, -0.2) is 37.6 Å². The van der Waals surface area contributed by atoms with Crippen LogP contribution in [0.3, 0.4) is 0 Å². The van der Waals surface area contributed by atoms with Crippen LogP contribution in [0.5, 0.6) is 0 Å². The molecule has 3 aromatic carbocycles. The van der Waals surface area contributed by atoms with Gasteiger partial charge in [0.1, 0.15) is 0 Å². The molecule has 0 spiro atoms. The second-order valence-electron chi connectivity index (χ2n) is 7.02. The third-order valence-electron chi connectivity index (χ3n) is 4.68. The van der Waals surface area contributed by atoms with Crippen molar-refractivity contribution in [1.82, 2.24) is 20.2 Å². The Labute approximate surface area is 213 Å². The normalized spacial score (nSPS) is 11.0. The molecule has 12 heteroatoms. The third kappa shape index (κ3) is 6.04. The van der Waals surface area contributed by atoms with Gasteiger partial charge < -0.3 is 0 Å². The van der Waals surface area contributed by atoms with Crippen molar-refractivity contribution in [2.45, 2.75) is 5.16 Å². The van der Waals surface area contributed by atoms with Crippen molar-refractivity contribution in [3.8, 4) is 17.1 Å². The first-order valence-corrected chi connectivity index (χ1v) is 11.8. The molecule has 0 fully saturated rings. The number of thioether (sulfide) groups is 1. The van der Waals surface area contributed by atoms with E-state index in [2.05, 4.69) is 20.7 Å². The number of aromatic nitrogens is 3. The van der Waals surface area contributed by atoms with Gasteiger partial charge in [0.15, 0.2) is 11.0 Å². The largest absolute Gasteiger partial charge is 0.278 e. The Morgan fingerprint density at radius 1 is 1.03 bits per heavy atom. The molecule has 4 aromatic rings. The molecule has 1 aromatic heterocycles. The van der Waals surface area contributed by atoms with Gasteiger partial charge in [-0.15, -0.1) is 10.2 Å². The van der Waals surface area contributed by atoms with E-state index in [1.807, 2.05) is 28.8 Å². The molecular formula is C23H16Cl2N6O3S. The van der Waals surface area contributed by atoms with E-state index < -0.39 is 10.8 Å². The van der Waals surface area contributed by atoms with E-state index in [1.165, 1.54) is 18.3 Å². The topological polar surface area (TPSA) is 115 Å². The quantitative estimate of drug-likeness (QED) is 0.142. The maximum absolute atomic E-state index is 12.4. The minimum atomic E-state index is -0.513. The van der Waals surface area contributed by atoms with E-state index in [-0.39, 0.29) is 17.0 Å². The summed E-state index contributed by atoms with van der Waals surface area (Å²) in [6.45, 7) is 0.